The van der Waals surface area contributed by atoms with Crippen molar-refractivity contribution in [3.8, 4) is 11.5 Å². The van der Waals surface area contributed by atoms with Gasteiger partial charge in [-0.1, -0.05) is 6.07 Å². The van der Waals surface area contributed by atoms with Crippen molar-refractivity contribution >= 4 is 22.8 Å². The van der Waals surface area contributed by atoms with E-state index in [1.54, 1.807) is 25.1 Å². The molecular weight excluding hydrogens is 324 g/mol. The van der Waals surface area contributed by atoms with Gasteiger partial charge in [-0.3, -0.25) is 4.68 Å². The van der Waals surface area contributed by atoms with E-state index in [4.69, 9.17) is 20.3 Å². The number of nitrogens with one attached hydrogen (secondary N) is 1. The Balaban J connectivity index is 2.01. The minimum Gasteiger partial charge on any atom is -0.496 e. The molecule has 0 amide bonds. The molecule has 2 heterocycles. The number of fused-ring (bicyclic) bond motifs is 1. The van der Waals surface area contributed by atoms with Gasteiger partial charge in [-0.15, -0.1) is 0 Å². The average molecular weight is 344 g/mol. The van der Waals surface area contributed by atoms with E-state index in [2.05, 4.69) is 20.4 Å². The Labute approximate surface area is 144 Å². The van der Waals surface area contributed by atoms with E-state index in [1.807, 2.05) is 18.2 Å². The number of nitrogen functional groups attached to an aromatic ring is 1. The van der Waals surface area contributed by atoms with Crippen LogP contribution in [0.1, 0.15) is 5.56 Å². The van der Waals surface area contributed by atoms with Gasteiger partial charge in [0.15, 0.2) is 11.3 Å². The van der Waals surface area contributed by atoms with Crippen molar-refractivity contribution in [1.82, 2.24) is 19.7 Å². The summed E-state index contributed by atoms with van der Waals surface area (Å²) in [6, 6.07) is 5.60. The minimum atomic E-state index is -0.0233. The molecule has 0 fully saturated rings. The number of aromatic nitrogens is 4. The fraction of sp³-hybridized carbons (Fsp3) is 0.312. The Bertz CT molecular complexity index is 857. The zero-order valence-electron chi connectivity index (χ0n) is 14.1. The van der Waals surface area contributed by atoms with Crippen molar-refractivity contribution in [3.05, 3.63) is 30.0 Å². The van der Waals surface area contributed by atoms with E-state index in [0.29, 0.717) is 41.4 Å². The fourth-order valence-corrected chi connectivity index (χ4v) is 2.60. The molecule has 3 aromatic rings. The van der Waals surface area contributed by atoms with Gasteiger partial charge in [-0.05, 0) is 12.1 Å². The highest BCUT2D eigenvalue weighted by molar-refractivity contribution is 5.85. The van der Waals surface area contributed by atoms with Crippen molar-refractivity contribution < 1.29 is 14.6 Å². The average Bonchev–Trinajstić information content (AvgIpc) is 3.02. The van der Waals surface area contributed by atoms with Crippen molar-refractivity contribution in [2.24, 2.45) is 0 Å². The Kier molecular flexibility index (Phi) is 4.85. The number of hydrogen-bond acceptors (Lipinski definition) is 8. The summed E-state index contributed by atoms with van der Waals surface area (Å²) in [6.45, 7) is 0.756. The maximum absolute atomic E-state index is 8.99. The smallest absolute Gasteiger partial charge is 0.222 e. The molecule has 0 unspecified atom stereocenters. The predicted molar refractivity (Wildman–Crippen MR) is 94.0 cm³/mol. The van der Waals surface area contributed by atoms with E-state index in [0.717, 1.165) is 5.56 Å². The van der Waals surface area contributed by atoms with Crippen LogP contribution >= 0.6 is 0 Å². The van der Waals surface area contributed by atoms with E-state index < -0.39 is 0 Å². The van der Waals surface area contributed by atoms with Gasteiger partial charge in [-0.25, -0.2) is 4.98 Å². The Morgan fingerprint density at radius 3 is 2.56 bits per heavy atom. The zero-order valence-corrected chi connectivity index (χ0v) is 14.1. The van der Waals surface area contributed by atoms with Gasteiger partial charge in [0, 0.05) is 6.54 Å². The molecule has 132 valence electrons. The first-order chi connectivity index (χ1) is 12.2. The predicted octanol–water partition coefficient (Wildman–Crippen LogP) is 0.878. The second-order valence-electron chi connectivity index (χ2n) is 5.28. The Hall–Kier alpha value is -3.07. The van der Waals surface area contributed by atoms with Crippen LogP contribution in [0.15, 0.2) is 24.4 Å². The first-order valence-corrected chi connectivity index (χ1v) is 7.71. The van der Waals surface area contributed by atoms with E-state index in [1.165, 1.54) is 0 Å². The number of hydrogen-bond donors (Lipinski definition) is 3. The molecule has 1 aromatic carbocycles. The highest BCUT2D eigenvalue weighted by atomic mass is 16.5. The maximum atomic E-state index is 8.99. The van der Waals surface area contributed by atoms with Crippen molar-refractivity contribution in [3.63, 3.8) is 0 Å². The summed E-state index contributed by atoms with van der Waals surface area (Å²) in [5.74, 6) is 2.05. The molecule has 9 heteroatoms. The van der Waals surface area contributed by atoms with Gasteiger partial charge >= 0.3 is 0 Å². The molecular formula is C16H20N6O3. The molecule has 0 spiro atoms. The fourth-order valence-electron chi connectivity index (χ4n) is 2.60. The topological polar surface area (TPSA) is 120 Å². The Morgan fingerprint density at radius 1 is 1.20 bits per heavy atom. The number of rotatable bonds is 7. The second-order valence-corrected chi connectivity index (χ2v) is 5.28. The van der Waals surface area contributed by atoms with E-state index in [-0.39, 0.29) is 12.6 Å². The third-order valence-corrected chi connectivity index (χ3v) is 3.68. The third-order valence-electron chi connectivity index (χ3n) is 3.68. The van der Waals surface area contributed by atoms with Gasteiger partial charge < -0.3 is 25.6 Å². The molecule has 0 aliphatic heterocycles. The summed E-state index contributed by atoms with van der Waals surface area (Å²) in [6.07, 6.45) is 1.78. The van der Waals surface area contributed by atoms with Crippen LogP contribution in [0, 0.1) is 0 Å². The summed E-state index contributed by atoms with van der Waals surface area (Å²) >= 11 is 0. The molecule has 25 heavy (non-hydrogen) atoms. The number of nitrogens with zero attached hydrogens (tertiary/aromatic N) is 4. The number of anilines is 2. The highest BCUT2D eigenvalue weighted by Crippen LogP contribution is 2.29. The summed E-state index contributed by atoms with van der Waals surface area (Å²) in [5, 5.41) is 16.5. The van der Waals surface area contributed by atoms with Crippen LogP contribution in [0.2, 0.25) is 0 Å². The minimum absolute atomic E-state index is 0.0233. The lowest BCUT2D eigenvalue weighted by atomic mass is 10.1. The molecule has 0 atom stereocenters. The lowest BCUT2D eigenvalue weighted by Gasteiger charge is -2.12. The number of methoxy groups -OCH3 is 2. The number of aliphatic hydroxyl groups is 1. The van der Waals surface area contributed by atoms with Crippen LogP contribution in [0.4, 0.5) is 11.8 Å². The van der Waals surface area contributed by atoms with Gasteiger partial charge in [0.2, 0.25) is 5.95 Å². The Morgan fingerprint density at radius 2 is 1.92 bits per heavy atom. The molecule has 0 saturated heterocycles. The lowest BCUT2D eigenvalue weighted by molar-refractivity contribution is 0.311. The molecule has 0 aliphatic carbocycles. The van der Waals surface area contributed by atoms with Crippen LogP contribution in [0.25, 0.3) is 11.0 Å². The molecule has 2 aromatic heterocycles. The zero-order chi connectivity index (χ0) is 17.8. The largest absolute Gasteiger partial charge is 0.496 e. The van der Waals surface area contributed by atoms with Crippen LogP contribution < -0.4 is 20.5 Å². The highest BCUT2D eigenvalue weighted by Gasteiger charge is 2.14. The van der Waals surface area contributed by atoms with Gasteiger partial charge in [-0.2, -0.15) is 10.1 Å². The van der Waals surface area contributed by atoms with Crippen molar-refractivity contribution in [2.75, 3.05) is 38.4 Å². The van der Waals surface area contributed by atoms with Crippen LogP contribution in [-0.2, 0) is 6.54 Å². The number of benzene rings is 1. The summed E-state index contributed by atoms with van der Waals surface area (Å²) in [4.78, 5) is 8.36. The first kappa shape index (κ1) is 16.8. The SMILES string of the molecule is COc1cccc(OC)c1Cn1cc2nc(N)nc(NCCO)c2n1. The van der Waals surface area contributed by atoms with Gasteiger partial charge in [0.05, 0.1) is 39.1 Å². The monoisotopic (exact) mass is 344 g/mol. The van der Waals surface area contributed by atoms with Gasteiger partial charge in [0.1, 0.15) is 17.0 Å². The van der Waals surface area contributed by atoms with E-state index in [9.17, 15) is 0 Å². The molecule has 4 N–H and O–H groups in total. The van der Waals surface area contributed by atoms with E-state index >= 15 is 0 Å². The summed E-state index contributed by atoms with van der Waals surface area (Å²) < 4.78 is 12.6. The van der Waals surface area contributed by atoms with Crippen LogP contribution in [-0.4, -0.2) is 52.2 Å². The standard InChI is InChI=1S/C16H20N6O3/c1-24-12-4-3-5-13(25-2)10(12)8-22-9-11-14(21-22)15(18-6-7-23)20-16(17)19-11/h3-5,9,23H,6-8H2,1-2H3,(H3,17,18,19,20). The number of aliphatic hydroxyl groups excluding tert-OH is 1. The number of nitrogens with two attached hydrogens (primary N) is 1. The molecule has 9 nitrogen and oxygen atoms in total. The molecule has 3 rings (SSSR count). The normalized spacial score (nSPS) is 10.8. The summed E-state index contributed by atoms with van der Waals surface area (Å²) in [7, 11) is 3.22. The quantitative estimate of drug-likeness (QED) is 0.578. The van der Waals surface area contributed by atoms with Crippen molar-refractivity contribution in [2.45, 2.75) is 6.54 Å². The third kappa shape index (κ3) is 3.41. The second kappa shape index (κ2) is 7.22. The molecule has 0 bridgehead atoms. The summed E-state index contributed by atoms with van der Waals surface area (Å²) in [5.41, 5.74) is 7.81. The maximum Gasteiger partial charge on any atom is 0.222 e. The van der Waals surface area contributed by atoms with Gasteiger partial charge in [0.25, 0.3) is 0 Å². The molecule has 0 aliphatic rings. The van der Waals surface area contributed by atoms with Crippen LogP contribution in [0.3, 0.4) is 0 Å². The van der Waals surface area contributed by atoms with Crippen LogP contribution in [0.5, 0.6) is 11.5 Å². The molecule has 0 radical (unpaired) electrons. The molecule has 0 saturated carbocycles. The number of ether oxygens (including phenoxy) is 2. The first-order valence-electron chi connectivity index (χ1n) is 7.71. The lowest BCUT2D eigenvalue weighted by Crippen LogP contribution is -2.09. The van der Waals surface area contributed by atoms with Crippen molar-refractivity contribution in [1.29, 1.82) is 0 Å².